The standard InChI is InChI=1S/C11H13N5O2/c17-11(18)8-5-15(7-12-8)6-10-14-13-9-3-1-2-4-16(9)10/h5,7H,1-4,6H2,(H,17,18). The molecule has 7 heteroatoms. The zero-order chi connectivity index (χ0) is 12.5. The van der Waals surface area contributed by atoms with Gasteiger partial charge in [-0.05, 0) is 12.8 Å². The molecule has 7 nitrogen and oxygen atoms in total. The highest BCUT2D eigenvalue weighted by atomic mass is 16.4. The Labute approximate surface area is 103 Å². The Hall–Kier alpha value is -2.18. The molecule has 94 valence electrons. The molecule has 0 spiro atoms. The number of aromatic nitrogens is 5. The van der Waals surface area contributed by atoms with E-state index < -0.39 is 5.97 Å². The maximum Gasteiger partial charge on any atom is 0.356 e. The van der Waals surface area contributed by atoms with Gasteiger partial charge in [0, 0.05) is 19.2 Å². The van der Waals surface area contributed by atoms with E-state index >= 15 is 0 Å². The maximum atomic E-state index is 10.7. The Kier molecular flexibility index (Phi) is 2.58. The van der Waals surface area contributed by atoms with Crippen LogP contribution < -0.4 is 0 Å². The number of fused-ring (bicyclic) bond motifs is 1. The van der Waals surface area contributed by atoms with Crippen molar-refractivity contribution in [2.75, 3.05) is 0 Å². The Morgan fingerprint density at radius 1 is 1.39 bits per heavy atom. The van der Waals surface area contributed by atoms with Crippen molar-refractivity contribution in [3.63, 3.8) is 0 Å². The predicted octanol–water partition coefficient (Wildman–Crippen LogP) is 0.557. The lowest BCUT2D eigenvalue weighted by Gasteiger charge is -2.14. The SMILES string of the molecule is O=C(O)c1cn(Cc2nnc3n2CCCC3)cn1. The molecule has 0 atom stereocenters. The summed E-state index contributed by atoms with van der Waals surface area (Å²) in [6, 6.07) is 0. The van der Waals surface area contributed by atoms with Gasteiger partial charge in [0.1, 0.15) is 5.82 Å². The van der Waals surface area contributed by atoms with Gasteiger partial charge >= 0.3 is 5.97 Å². The minimum atomic E-state index is -1.02. The first-order valence-corrected chi connectivity index (χ1v) is 5.90. The second-order valence-corrected chi connectivity index (χ2v) is 4.38. The Morgan fingerprint density at radius 3 is 3.06 bits per heavy atom. The van der Waals surface area contributed by atoms with E-state index in [-0.39, 0.29) is 5.69 Å². The molecule has 3 rings (SSSR count). The average molecular weight is 247 g/mol. The van der Waals surface area contributed by atoms with Gasteiger partial charge < -0.3 is 14.2 Å². The van der Waals surface area contributed by atoms with Crippen molar-refractivity contribution in [3.05, 3.63) is 29.9 Å². The topological polar surface area (TPSA) is 85.8 Å². The van der Waals surface area contributed by atoms with Gasteiger partial charge in [0.2, 0.25) is 0 Å². The van der Waals surface area contributed by atoms with Crippen molar-refractivity contribution >= 4 is 5.97 Å². The summed E-state index contributed by atoms with van der Waals surface area (Å²) in [5.41, 5.74) is 0.0494. The molecule has 0 radical (unpaired) electrons. The average Bonchev–Trinajstić information content (AvgIpc) is 2.98. The summed E-state index contributed by atoms with van der Waals surface area (Å²) in [5, 5.41) is 17.1. The molecule has 0 amide bonds. The van der Waals surface area contributed by atoms with Crippen LogP contribution in [-0.4, -0.2) is 35.4 Å². The number of rotatable bonds is 3. The van der Waals surface area contributed by atoms with Crippen LogP contribution in [0.25, 0.3) is 0 Å². The van der Waals surface area contributed by atoms with Crippen molar-refractivity contribution in [1.82, 2.24) is 24.3 Å². The van der Waals surface area contributed by atoms with Crippen molar-refractivity contribution in [3.8, 4) is 0 Å². The molecule has 18 heavy (non-hydrogen) atoms. The lowest BCUT2D eigenvalue weighted by Crippen LogP contribution is -2.14. The third kappa shape index (κ3) is 1.87. The molecule has 1 N–H and O–H groups in total. The van der Waals surface area contributed by atoms with Crippen LogP contribution in [0.1, 0.15) is 35.0 Å². The van der Waals surface area contributed by atoms with Crippen LogP contribution in [-0.2, 0) is 19.5 Å². The van der Waals surface area contributed by atoms with E-state index in [4.69, 9.17) is 5.11 Å². The summed E-state index contributed by atoms with van der Waals surface area (Å²) in [6.07, 6.45) is 6.28. The van der Waals surface area contributed by atoms with Crippen LogP contribution in [0.2, 0.25) is 0 Å². The minimum absolute atomic E-state index is 0.0494. The summed E-state index contributed by atoms with van der Waals surface area (Å²) < 4.78 is 3.83. The summed E-state index contributed by atoms with van der Waals surface area (Å²) in [5.74, 6) is 0.867. The smallest absolute Gasteiger partial charge is 0.356 e. The fraction of sp³-hybridized carbons (Fsp3) is 0.455. The second-order valence-electron chi connectivity index (χ2n) is 4.38. The van der Waals surface area contributed by atoms with E-state index in [0.29, 0.717) is 6.54 Å². The minimum Gasteiger partial charge on any atom is -0.476 e. The van der Waals surface area contributed by atoms with Crippen LogP contribution in [0.5, 0.6) is 0 Å². The van der Waals surface area contributed by atoms with E-state index in [1.807, 2.05) is 0 Å². The highest BCUT2D eigenvalue weighted by molar-refractivity contribution is 5.84. The van der Waals surface area contributed by atoms with Crippen LogP contribution in [0, 0.1) is 0 Å². The molecule has 0 bridgehead atoms. The van der Waals surface area contributed by atoms with Crippen LogP contribution >= 0.6 is 0 Å². The molecule has 0 saturated heterocycles. The molecule has 0 aliphatic carbocycles. The highest BCUT2D eigenvalue weighted by Crippen LogP contribution is 2.15. The number of carboxylic acids is 1. The molecule has 3 heterocycles. The highest BCUT2D eigenvalue weighted by Gasteiger charge is 2.16. The molecular formula is C11H13N5O2. The van der Waals surface area contributed by atoms with Gasteiger partial charge in [0.05, 0.1) is 12.9 Å². The van der Waals surface area contributed by atoms with Gasteiger partial charge in [0.15, 0.2) is 11.5 Å². The number of aryl methyl sites for hydroxylation is 1. The molecule has 0 aromatic carbocycles. The summed E-state index contributed by atoms with van der Waals surface area (Å²) >= 11 is 0. The molecular weight excluding hydrogens is 234 g/mol. The fourth-order valence-electron chi connectivity index (χ4n) is 2.21. The number of hydrogen-bond acceptors (Lipinski definition) is 4. The third-order valence-electron chi connectivity index (χ3n) is 3.11. The van der Waals surface area contributed by atoms with E-state index in [1.54, 1.807) is 4.57 Å². The monoisotopic (exact) mass is 247 g/mol. The van der Waals surface area contributed by atoms with Crippen LogP contribution in [0.15, 0.2) is 12.5 Å². The lowest BCUT2D eigenvalue weighted by atomic mass is 10.2. The number of carbonyl (C=O) groups is 1. The van der Waals surface area contributed by atoms with Gasteiger partial charge in [-0.1, -0.05) is 0 Å². The third-order valence-corrected chi connectivity index (χ3v) is 3.11. The Morgan fingerprint density at radius 2 is 2.28 bits per heavy atom. The lowest BCUT2D eigenvalue weighted by molar-refractivity contribution is 0.0691. The molecule has 2 aromatic rings. The largest absolute Gasteiger partial charge is 0.476 e. The quantitative estimate of drug-likeness (QED) is 0.856. The first-order valence-electron chi connectivity index (χ1n) is 5.90. The van der Waals surface area contributed by atoms with Crippen LogP contribution in [0.3, 0.4) is 0 Å². The molecule has 0 fully saturated rings. The number of hydrogen-bond donors (Lipinski definition) is 1. The van der Waals surface area contributed by atoms with E-state index in [2.05, 4.69) is 19.7 Å². The number of aromatic carboxylic acids is 1. The number of carboxylic acid groups (broad SMARTS) is 1. The Bertz CT molecular complexity index is 586. The zero-order valence-corrected chi connectivity index (χ0v) is 9.78. The molecule has 1 aliphatic heterocycles. The van der Waals surface area contributed by atoms with Gasteiger partial charge in [-0.2, -0.15) is 0 Å². The summed E-state index contributed by atoms with van der Waals surface area (Å²) in [4.78, 5) is 14.6. The Balaban J connectivity index is 1.83. The van der Waals surface area contributed by atoms with E-state index in [0.717, 1.165) is 37.5 Å². The normalized spacial score (nSPS) is 14.4. The summed E-state index contributed by atoms with van der Waals surface area (Å²) in [6.45, 7) is 1.45. The van der Waals surface area contributed by atoms with E-state index in [1.165, 1.54) is 12.5 Å². The molecule has 0 unspecified atom stereocenters. The molecule has 2 aromatic heterocycles. The first kappa shape index (κ1) is 10.9. The fourth-order valence-corrected chi connectivity index (χ4v) is 2.21. The van der Waals surface area contributed by atoms with Gasteiger partial charge in [0.25, 0.3) is 0 Å². The van der Waals surface area contributed by atoms with E-state index in [9.17, 15) is 4.79 Å². The number of imidazole rings is 1. The van der Waals surface area contributed by atoms with Gasteiger partial charge in [-0.3, -0.25) is 0 Å². The van der Waals surface area contributed by atoms with Gasteiger partial charge in [-0.25, -0.2) is 9.78 Å². The van der Waals surface area contributed by atoms with Crippen molar-refractivity contribution in [1.29, 1.82) is 0 Å². The predicted molar refractivity (Wildman–Crippen MR) is 61.2 cm³/mol. The first-order chi connectivity index (χ1) is 8.74. The maximum absolute atomic E-state index is 10.7. The van der Waals surface area contributed by atoms with Gasteiger partial charge in [-0.15, -0.1) is 10.2 Å². The molecule has 0 saturated carbocycles. The number of nitrogens with zero attached hydrogens (tertiary/aromatic N) is 5. The van der Waals surface area contributed by atoms with Crippen molar-refractivity contribution in [2.45, 2.75) is 32.4 Å². The summed E-state index contributed by atoms with van der Waals surface area (Å²) in [7, 11) is 0. The van der Waals surface area contributed by atoms with Crippen molar-refractivity contribution < 1.29 is 9.90 Å². The van der Waals surface area contributed by atoms with Crippen LogP contribution in [0.4, 0.5) is 0 Å². The van der Waals surface area contributed by atoms with Crippen molar-refractivity contribution in [2.24, 2.45) is 0 Å². The molecule has 1 aliphatic rings. The zero-order valence-electron chi connectivity index (χ0n) is 9.78. The second kappa shape index (κ2) is 4.25.